The number of benzene rings is 2. The third-order valence-corrected chi connectivity index (χ3v) is 4.42. The van der Waals surface area contributed by atoms with E-state index in [-0.39, 0.29) is 17.8 Å². The van der Waals surface area contributed by atoms with Gasteiger partial charge in [-0.1, -0.05) is 17.3 Å². The maximum Gasteiger partial charge on any atom is 0.258 e. The van der Waals surface area contributed by atoms with Gasteiger partial charge in [0.05, 0.1) is 24.3 Å². The Morgan fingerprint density at radius 2 is 2.07 bits per heavy atom. The number of hydrogen-bond acceptors (Lipinski definition) is 7. The van der Waals surface area contributed by atoms with Crippen LogP contribution in [-0.4, -0.2) is 29.1 Å². The van der Waals surface area contributed by atoms with Gasteiger partial charge in [0.2, 0.25) is 5.82 Å². The molecule has 3 rings (SSSR count). The van der Waals surface area contributed by atoms with E-state index in [1.165, 1.54) is 0 Å². The zero-order valence-corrected chi connectivity index (χ0v) is 17.4. The Balaban J connectivity index is 1.94. The molecule has 0 N–H and O–H groups in total. The van der Waals surface area contributed by atoms with Crippen molar-refractivity contribution >= 4 is 5.78 Å². The van der Waals surface area contributed by atoms with Gasteiger partial charge < -0.3 is 18.8 Å². The van der Waals surface area contributed by atoms with E-state index in [4.69, 9.17) is 14.0 Å². The molecule has 0 bridgehead atoms. The fourth-order valence-corrected chi connectivity index (χ4v) is 3.07. The molecule has 1 heterocycles. The Hall–Kier alpha value is -3.66. The van der Waals surface area contributed by atoms with Crippen molar-refractivity contribution in [2.24, 2.45) is 0 Å². The Kier molecular flexibility index (Phi) is 6.48. The number of aryl methyl sites for hydroxylation is 1. The molecule has 0 unspecified atom stereocenters. The number of carbonyl (C=O) groups excluding carboxylic acids is 1. The highest BCUT2D eigenvalue weighted by molar-refractivity contribution is 5.76. The number of Topliss-reactive ketones (excluding diaryl/α,β-unsaturated/α-hetero) is 1. The summed E-state index contributed by atoms with van der Waals surface area (Å²) >= 11 is 0. The highest BCUT2D eigenvalue weighted by Crippen LogP contribution is 2.34. The molecule has 0 radical (unpaired) electrons. The van der Waals surface area contributed by atoms with Crippen LogP contribution in [0.2, 0.25) is 0 Å². The minimum absolute atomic E-state index is 0.0410. The lowest BCUT2D eigenvalue weighted by molar-refractivity contribution is -0.116. The van der Waals surface area contributed by atoms with Crippen LogP contribution in [0.3, 0.4) is 0 Å². The third-order valence-electron chi connectivity index (χ3n) is 4.42. The van der Waals surface area contributed by atoms with Crippen LogP contribution in [0.4, 0.5) is 0 Å². The van der Waals surface area contributed by atoms with E-state index in [0.717, 1.165) is 5.56 Å². The second kappa shape index (κ2) is 9.23. The van der Waals surface area contributed by atoms with Crippen LogP contribution >= 0.6 is 0 Å². The van der Waals surface area contributed by atoms with E-state index < -0.39 is 0 Å². The van der Waals surface area contributed by atoms with Gasteiger partial charge >= 0.3 is 0 Å². The maximum atomic E-state index is 11.4. The van der Waals surface area contributed by atoms with Crippen molar-refractivity contribution in [1.82, 2.24) is 10.1 Å². The summed E-state index contributed by atoms with van der Waals surface area (Å²) in [5.74, 6) is 1.89. The van der Waals surface area contributed by atoms with Crippen molar-refractivity contribution in [2.75, 3.05) is 7.11 Å². The molecule has 0 aliphatic heterocycles. The van der Waals surface area contributed by atoms with Crippen LogP contribution in [0.15, 0.2) is 40.9 Å². The summed E-state index contributed by atoms with van der Waals surface area (Å²) in [5, 5.41) is 13.5. The lowest BCUT2D eigenvalue weighted by atomic mass is 10.0. The number of nitrogens with zero attached hydrogens (tertiary/aromatic N) is 3. The molecule has 154 valence electrons. The van der Waals surface area contributed by atoms with E-state index in [1.54, 1.807) is 32.2 Å². The van der Waals surface area contributed by atoms with Crippen molar-refractivity contribution in [3.05, 3.63) is 47.5 Å². The Labute approximate surface area is 175 Å². The van der Waals surface area contributed by atoms with E-state index >= 15 is 0 Å². The van der Waals surface area contributed by atoms with E-state index in [9.17, 15) is 10.1 Å². The van der Waals surface area contributed by atoms with Gasteiger partial charge in [0.15, 0.2) is 0 Å². The summed E-state index contributed by atoms with van der Waals surface area (Å²) in [4.78, 5) is 15.8. The number of nitriles is 1. The summed E-state index contributed by atoms with van der Waals surface area (Å²) in [6.07, 6.45) is 0.958. The summed E-state index contributed by atoms with van der Waals surface area (Å²) in [6.45, 7) is 5.36. The molecule has 30 heavy (non-hydrogen) atoms. The summed E-state index contributed by atoms with van der Waals surface area (Å²) < 4.78 is 16.7. The quantitative estimate of drug-likeness (QED) is 0.540. The molecular formula is C23H23N3O4. The number of rotatable bonds is 8. The molecule has 0 saturated carbocycles. The standard InChI is InChI=1S/C23H23N3O4/c1-14(2)29-20-11-10-17(12-18(20)13-24)23-25-22(26-30-23)19-7-5-6-16(21(19)28-4)9-8-15(3)27/h5-7,10-12,14H,8-9H2,1-4H3. The molecule has 0 saturated heterocycles. The molecular weight excluding hydrogens is 382 g/mol. The first kappa shape index (κ1) is 21.1. The average Bonchev–Trinajstić information content (AvgIpc) is 3.21. The Bertz CT molecular complexity index is 1100. The van der Waals surface area contributed by atoms with E-state index in [1.807, 2.05) is 32.0 Å². The van der Waals surface area contributed by atoms with Crippen LogP contribution in [0.25, 0.3) is 22.8 Å². The largest absolute Gasteiger partial charge is 0.496 e. The third kappa shape index (κ3) is 4.66. The zero-order valence-electron chi connectivity index (χ0n) is 17.4. The predicted octanol–water partition coefficient (Wildman–Crippen LogP) is 4.59. The molecule has 0 fully saturated rings. The second-order valence-corrected chi connectivity index (χ2v) is 7.11. The van der Waals surface area contributed by atoms with Crippen LogP contribution in [0, 0.1) is 11.3 Å². The first-order valence-corrected chi connectivity index (χ1v) is 9.63. The van der Waals surface area contributed by atoms with Gasteiger partial charge in [-0.05, 0) is 57.0 Å². The van der Waals surface area contributed by atoms with Gasteiger partial charge in [-0.2, -0.15) is 10.2 Å². The molecule has 0 atom stereocenters. The molecule has 2 aromatic carbocycles. The minimum atomic E-state index is -0.0410. The normalized spacial score (nSPS) is 10.7. The topological polar surface area (TPSA) is 98.2 Å². The predicted molar refractivity (Wildman–Crippen MR) is 111 cm³/mol. The van der Waals surface area contributed by atoms with Gasteiger partial charge in [0.25, 0.3) is 5.89 Å². The van der Waals surface area contributed by atoms with Crippen LogP contribution in [0.5, 0.6) is 11.5 Å². The van der Waals surface area contributed by atoms with Gasteiger partial charge in [0.1, 0.15) is 23.4 Å². The molecule has 0 aliphatic carbocycles. The first-order chi connectivity index (χ1) is 14.4. The molecule has 7 heteroatoms. The van der Waals surface area contributed by atoms with Gasteiger partial charge in [0, 0.05) is 12.0 Å². The Morgan fingerprint density at radius 1 is 1.27 bits per heavy atom. The second-order valence-electron chi connectivity index (χ2n) is 7.11. The molecule has 0 aliphatic rings. The maximum absolute atomic E-state index is 11.4. The SMILES string of the molecule is COc1c(CCC(C)=O)cccc1-c1noc(-c2ccc(OC(C)C)c(C#N)c2)n1. The molecule has 0 amide bonds. The number of ketones is 1. The van der Waals surface area contributed by atoms with E-state index in [0.29, 0.717) is 46.9 Å². The average molecular weight is 405 g/mol. The van der Waals surface area contributed by atoms with Crippen LogP contribution in [-0.2, 0) is 11.2 Å². The minimum Gasteiger partial charge on any atom is -0.496 e. The number of carbonyl (C=O) groups is 1. The van der Waals surface area contributed by atoms with Crippen molar-refractivity contribution < 1.29 is 18.8 Å². The Morgan fingerprint density at radius 3 is 2.73 bits per heavy atom. The number of hydrogen-bond donors (Lipinski definition) is 0. The van der Waals surface area contributed by atoms with E-state index in [2.05, 4.69) is 16.2 Å². The van der Waals surface area contributed by atoms with Crippen LogP contribution in [0.1, 0.15) is 38.3 Å². The number of ether oxygens (including phenoxy) is 2. The summed E-state index contributed by atoms with van der Waals surface area (Å²) in [7, 11) is 1.57. The zero-order chi connectivity index (χ0) is 21.7. The smallest absolute Gasteiger partial charge is 0.258 e. The van der Waals surface area contributed by atoms with Crippen molar-refractivity contribution in [3.63, 3.8) is 0 Å². The number of aromatic nitrogens is 2. The molecule has 3 aromatic rings. The molecule has 1 aromatic heterocycles. The van der Waals surface area contributed by atoms with Gasteiger partial charge in [-0.25, -0.2) is 0 Å². The number of para-hydroxylation sites is 1. The fraction of sp³-hybridized carbons (Fsp3) is 0.304. The highest BCUT2D eigenvalue weighted by Gasteiger charge is 2.18. The summed E-state index contributed by atoms with van der Waals surface area (Å²) in [6, 6.07) is 12.9. The van der Waals surface area contributed by atoms with Crippen molar-refractivity contribution in [1.29, 1.82) is 5.26 Å². The molecule has 0 spiro atoms. The van der Waals surface area contributed by atoms with Gasteiger partial charge in [-0.3, -0.25) is 0 Å². The monoisotopic (exact) mass is 405 g/mol. The first-order valence-electron chi connectivity index (χ1n) is 9.63. The summed E-state index contributed by atoms with van der Waals surface area (Å²) in [5.41, 5.74) is 2.59. The number of methoxy groups -OCH3 is 1. The lowest BCUT2D eigenvalue weighted by Gasteiger charge is -2.11. The van der Waals surface area contributed by atoms with Gasteiger partial charge in [-0.15, -0.1) is 0 Å². The highest BCUT2D eigenvalue weighted by atomic mass is 16.5. The fourth-order valence-electron chi connectivity index (χ4n) is 3.07. The van der Waals surface area contributed by atoms with Crippen molar-refractivity contribution in [3.8, 4) is 40.4 Å². The lowest BCUT2D eigenvalue weighted by Crippen LogP contribution is -2.06. The van der Waals surface area contributed by atoms with Crippen molar-refractivity contribution in [2.45, 2.75) is 39.7 Å². The molecule has 7 nitrogen and oxygen atoms in total. The van der Waals surface area contributed by atoms with Crippen LogP contribution < -0.4 is 9.47 Å².